The second kappa shape index (κ2) is 5.12. The van der Waals surface area contributed by atoms with Crippen LogP contribution in [-0.4, -0.2) is 28.4 Å². The molecule has 0 aliphatic heterocycles. The number of carboxylic acid groups (broad SMARTS) is 1. The molecular weight excluding hydrogens is 274 g/mol. The molecule has 1 aromatic heterocycles. The zero-order valence-corrected chi connectivity index (χ0v) is 12.3. The summed E-state index contributed by atoms with van der Waals surface area (Å²) in [4.78, 5) is 10.9. The normalized spacial score (nSPS) is 11.4. The monoisotopic (exact) mass is 291 g/mol. The number of benzene rings is 1. The highest BCUT2D eigenvalue weighted by Gasteiger charge is 2.22. The van der Waals surface area contributed by atoms with Gasteiger partial charge in [-0.1, -0.05) is 25.9 Å². The number of rotatable bonds is 3. The van der Waals surface area contributed by atoms with Crippen molar-refractivity contribution in [1.29, 1.82) is 0 Å². The van der Waals surface area contributed by atoms with Crippen molar-refractivity contribution in [3.05, 3.63) is 29.5 Å². The van der Waals surface area contributed by atoms with Crippen LogP contribution in [0.25, 0.3) is 11.3 Å². The van der Waals surface area contributed by atoms with Crippen molar-refractivity contribution >= 4 is 5.97 Å². The first-order chi connectivity index (χ1) is 9.74. The van der Waals surface area contributed by atoms with Crippen LogP contribution in [0.1, 0.15) is 36.9 Å². The molecule has 21 heavy (non-hydrogen) atoms. The van der Waals surface area contributed by atoms with Crippen LogP contribution < -0.4 is 4.74 Å². The molecule has 0 spiro atoms. The van der Waals surface area contributed by atoms with Crippen molar-refractivity contribution in [3.63, 3.8) is 0 Å². The maximum Gasteiger partial charge on any atom is 0.374 e. The Balaban J connectivity index is 2.64. The second-order valence-corrected chi connectivity index (χ2v) is 5.71. The first kappa shape index (κ1) is 14.9. The number of nitrogens with zero attached hydrogens (tertiary/aromatic N) is 1. The summed E-state index contributed by atoms with van der Waals surface area (Å²) in [5.41, 5.74) is 1.46. The Kier molecular flexibility index (Phi) is 3.63. The number of carbonyl (C=O) groups is 1. The fourth-order valence-corrected chi connectivity index (χ4v) is 1.95. The molecule has 1 aromatic carbocycles. The third-order valence-corrected chi connectivity index (χ3v) is 3.14. The molecule has 0 radical (unpaired) electrons. The van der Waals surface area contributed by atoms with Crippen LogP contribution in [0.3, 0.4) is 0 Å². The molecule has 0 aliphatic rings. The summed E-state index contributed by atoms with van der Waals surface area (Å²) in [6.45, 7) is 6.01. The van der Waals surface area contributed by atoms with Crippen molar-refractivity contribution in [2.24, 2.45) is 0 Å². The zero-order chi connectivity index (χ0) is 15.8. The SMILES string of the molecule is COc1c(O)cc(C(C)(C)C)cc1-c1cc(C(=O)O)on1. The number of methoxy groups -OCH3 is 1. The summed E-state index contributed by atoms with van der Waals surface area (Å²) in [5.74, 6) is -1.27. The summed E-state index contributed by atoms with van der Waals surface area (Å²) in [6.07, 6.45) is 0. The van der Waals surface area contributed by atoms with Crippen molar-refractivity contribution in [2.45, 2.75) is 26.2 Å². The van der Waals surface area contributed by atoms with Crippen LogP contribution in [-0.2, 0) is 5.41 Å². The van der Waals surface area contributed by atoms with E-state index < -0.39 is 5.97 Å². The Labute approximate surface area is 122 Å². The lowest BCUT2D eigenvalue weighted by Crippen LogP contribution is -2.11. The average Bonchev–Trinajstić information content (AvgIpc) is 2.86. The van der Waals surface area contributed by atoms with E-state index in [1.54, 1.807) is 6.07 Å². The minimum atomic E-state index is -1.20. The lowest BCUT2D eigenvalue weighted by Gasteiger charge is -2.21. The Bertz CT molecular complexity index is 682. The van der Waals surface area contributed by atoms with Gasteiger partial charge in [0.25, 0.3) is 0 Å². The number of ether oxygens (including phenoxy) is 1. The van der Waals surface area contributed by atoms with E-state index in [2.05, 4.69) is 5.16 Å². The average molecular weight is 291 g/mol. The Hall–Kier alpha value is -2.50. The highest BCUT2D eigenvalue weighted by atomic mass is 16.5. The zero-order valence-electron chi connectivity index (χ0n) is 12.3. The predicted molar refractivity (Wildman–Crippen MR) is 75.8 cm³/mol. The van der Waals surface area contributed by atoms with Gasteiger partial charge in [-0.3, -0.25) is 0 Å². The standard InChI is InChI=1S/C15H17NO5/c1-15(2,3)8-5-9(13(20-4)11(17)6-8)10-7-12(14(18)19)21-16-10/h5-7,17H,1-4H3,(H,18,19). The van der Waals surface area contributed by atoms with Crippen LogP contribution in [0.4, 0.5) is 0 Å². The Morgan fingerprint density at radius 3 is 2.43 bits per heavy atom. The molecule has 0 atom stereocenters. The second-order valence-electron chi connectivity index (χ2n) is 5.71. The Morgan fingerprint density at radius 2 is 1.95 bits per heavy atom. The van der Waals surface area contributed by atoms with Gasteiger partial charge in [0, 0.05) is 11.6 Å². The molecular formula is C15H17NO5. The van der Waals surface area contributed by atoms with Crippen molar-refractivity contribution in [2.75, 3.05) is 7.11 Å². The lowest BCUT2D eigenvalue weighted by molar-refractivity contribution is 0.0652. The molecule has 2 aromatic rings. The maximum absolute atomic E-state index is 10.9. The van der Waals surface area contributed by atoms with E-state index in [1.165, 1.54) is 13.2 Å². The summed E-state index contributed by atoms with van der Waals surface area (Å²) in [5, 5.41) is 22.7. The molecule has 0 saturated carbocycles. The van der Waals surface area contributed by atoms with Gasteiger partial charge in [0.15, 0.2) is 11.5 Å². The molecule has 0 amide bonds. The fraction of sp³-hybridized carbons (Fsp3) is 0.333. The molecule has 2 N–H and O–H groups in total. The minimum absolute atomic E-state index is 0.0280. The van der Waals surface area contributed by atoms with Gasteiger partial charge in [-0.15, -0.1) is 0 Å². The van der Waals surface area contributed by atoms with E-state index in [9.17, 15) is 9.90 Å². The molecule has 6 heteroatoms. The van der Waals surface area contributed by atoms with Crippen molar-refractivity contribution < 1.29 is 24.3 Å². The number of aromatic nitrogens is 1. The molecule has 112 valence electrons. The molecule has 0 saturated heterocycles. The number of hydrogen-bond donors (Lipinski definition) is 2. The third-order valence-electron chi connectivity index (χ3n) is 3.14. The first-order valence-corrected chi connectivity index (χ1v) is 6.36. The number of phenolic OH excluding ortho intramolecular Hbond substituents is 1. The predicted octanol–water partition coefficient (Wildman–Crippen LogP) is 3.05. The summed E-state index contributed by atoms with van der Waals surface area (Å²) in [6, 6.07) is 4.73. The molecule has 0 fully saturated rings. The smallest absolute Gasteiger partial charge is 0.374 e. The van der Waals surface area contributed by atoms with Gasteiger partial charge in [0.05, 0.1) is 7.11 Å². The number of carboxylic acids is 1. The van der Waals surface area contributed by atoms with E-state index >= 15 is 0 Å². The number of aromatic hydroxyl groups is 1. The topological polar surface area (TPSA) is 92.8 Å². The molecule has 6 nitrogen and oxygen atoms in total. The molecule has 0 bridgehead atoms. The van der Waals surface area contributed by atoms with Gasteiger partial charge >= 0.3 is 5.97 Å². The maximum atomic E-state index is 10.9. The fourth-order valence-electron chi connectivity index (χ4n) is 1.95. The van der Waals surface area contributed by atoms with Gasteiger partial charge in [-0.05, 0) is 23.1 Å². The van der Waals surface area contributed by atoms with E-state index in [0.717, 1.165) is 5.56 Å². The van der Waals surface area contributed by atoms with Crippen LogP contribution in [0, 0.1) is 0 Å². The summed E-state index contributed by atoms with van der Waals surface area (Å²) >= 11 is 0. The largest absolute Gasteiger partial charge is 0.504 e. The van der Waals surface area contributed by atoms with Crippen molar-refractivity contribution in [1.82, 2.24) is 5.16 Å². The van der Waals surface area contributed by atoms with Crippen LogP contribution in [0.5, 0.6) is 11.5 Å². The van der Waals surface area contributed by atoms with Crippen molar-refractivity contribution in [3.8, 4) is 22.8 Å². The van der Waals surface area contributed by atoms with Gasteiger partial charge in [0.2, 0.25) is 5.76 Å². The number of aromatic carboxylic acids is 1. The minimum Gasteiger partial charge on any atom is -0.504 e. The first-order valence-electron chi connectivity index (χ1n) is 6.36. The quantitative estimate of drug-likeness (QED) is 0.902. The van der Waals surface area contributed by atoms with Crippen LogP contribution in [0.2, 0.25) is 0 Å². The van der Waals surface area contributed by atoms with Gasteiger partial charge in [-0.2, -0.15) is 0 Å². The summed E-state index contributed by atoms with van der Waals surface area (Å²) < 4.78 is 9.95. The van der Waals surface area contributed by atoms with E-state index in [-0.39, 0.29) is 22.7 Å². The highest BCUT2D eigenvalue weighted by molar-refractivity contribution is 5.86. The highest BCUT2D eigenvalue weighted by Crippen LogP contribution is 2.41. The van der Waals surface area contributed by atoms with E-state index in [1.807, 2.05) is 26.8 Å². The summed E-state index contributed by atoms with van der Waals surface area (Å²) in [7, 11) is 1.42. The van der Waals surface area contributed by atoms with Gasteiger partial charge in [0.1, 0.15) is 5.69 Å². The van der Waals surface area contributed by atoms with Gasteiger partial charge in [-0.25, -0.2) is 4.79 Å². The number of hydrogen-bond acceptors (Lipinski definition) is 5. The van der Waals surface area contributed by atoms with Crippen LogP contribution >= 0.6 is 0 Å². The number of phenols is 1. The van der Waals surface area contributed by atoms with Crippen LogP contribution in [0.15, 0.2) is 22.7 Å². The lowest BCUT2D eigenvalue weighted by atomic mass is 9.85. The van der Waals surface area contributed by atoms with Gasteiger partial charge < -0.3 is 19.5 Å². The molecule has 0 unspecified atom stereocenters. The Morgan fingerprint density at radius 1 is 1.29 bits per heavy atom. The van der Waals surface area contributed by atoms with E-state index in [4.69, 9.17) is 14.4 Å². The third kappa shape index (κ3) is 2.84. The van der Waals surface area contributed by atoms with E-state index in [0.29, 0.717) is 11.3 Å². The molecule has 2 rings (SSSR count). The molecule has 0 aliphatic carbocycles. The molecule has 1 heterocycles.